The van der Waals surface area contributed by atoms with Gasteiger partial charge in [-0.25, -0.2) is 0 Å². The van der Waals surface area contributed by atoms with E-state index in [1.807, 2.05) is 25.1 Å². The molecule has 0 aliphatic carbocycles. The van der Waals surface area contributed by atoms with E-state index in [0.29, 0.717) is 16.5 Å². The zero-order chi connectivity index (χ0) is 20.4. The smallest absolute Gasteiger partial charge is 0.271 e. The zero-order valence-corrected chi connectivity index (χ0v) is 16.1. The normalized spacial score (nSPS) is 16.1. The Hall–Kier alpha value is -3.14. The molecular weight excluding hydrogens is 380 g/mol. The molecule has 2 heterocycles. The van der Waals surface area contributed by atoms with E-state index in [1.165, 1.54) is 6.08 Å². The SMILES string of the molecule is CC1=C(C#N)C(=O)N(CCO)C(=O)/C1=C/c1ccc(-c2cccc(Cl)c2C)o1. The fourth-order valence-electron chi connectivity index (χ4n) is 3.02. The van der Waals surface area contributed by atoms with E-state index in [-0.39, 0.29) is 29.9 Å². The van der Waals surface area contributed by atoms with Gasteiger partial charge in [0.15, 0.2) is 0 Å². The lowest BCUT2D eigenvalue weighted by atomic mass is 9.95. The lowest BCUT2D eigenvalue weighted by molar-refractivity contribution is -0.140. The summed E-state index contributed by atoms with van der Waals surface area (Å²) < 4.78 is 5.85. The molecule has 7 heteroatoms. The molecule has 1 aromatic carbocycles. The molecular formula is C21H17ClN2O4. The molecule has 2 amide bonds. The van der Waals surface area contributed by atoms with E-state index >= 15 is 0 Å². The summed E-state index contributed by atoms with van der Waals surface area (Å²) in [5.41, 5.74) is 2.02. The molecule has 0 unspecified atom stereocenters. The van der Waals surface area contributed by atoms with Crippen LogP contribution in [0, 0.1) is 18.3 Å². The Morgan fingerprint density at radius 3 is 2.64 bits per heavy atom. The lowest BCUT2D eigenvalue weighted by Gasteiger charge is -2.26. The van der Waals surface area contributed by atoms with Crippen molar-refractivity contribution < 1.29 is 19.1 Å². The molecule has 1 aliphatic heterocycles. The number of nitriles is 1. The Morgan fingerprint density at radius 1 is 1.21 bits per heavy atom. The molecule has 142 valence electrons. The number of aliphatic hydroxyl groups excluding tert-OH is 1. The van der Waals surface area contributed by atoms with Crippen LogP contribution in [0.2, 0.25) is 5.02 Å². The van der Waals surface area contributed by atoms with Gasteiger partial charge in [0.25, 0.3) is 11.8 Å². The van der Waals surface area contributed by atoms with Crippen molar-refractivity contribution in [1.29, 1.82) is 5.26 Å². The van der Waals surface area contributed by atoms with Gasteiger partial charge in [-0.15, -0.1) is 0 Å². The number of carbonyl (C=O) groups is 2. The van der Waals surface area contributed by atoms with E-state index in [0.717, 1.165) is 16.0 Å². The molecule has 6 nitrogen and oxygen atoms in total. The van der Waals surface area contributed by atoms with Crippen molar-refractivity contribution in [3.8, 4) is 17.4 Å². The van der Waals surface area contributed by atoms with Crippen LogP contribution in [-0.2, 0) is 9.59 Å². The molecule has 0 radical (unpaired) electrons. The lowest BCUT2D eigenvalue weighted by Crippen LogP contribution is -2.44. The van der Waals surface area contributed by atoms with Gasteiger partial charge in [-0.3, -0.25) is 14.5 Å². The van der Waals surface area contributed by atoms with Crippen LogP contribution in [0.1, 0.15) is 18.2 Å². The summed E-state index contributed by atoms with van der Waals surface area (Å²) in [6.07, 6.45) is 1.50. The second-order valence-electron chi connectivity index (χ2n) is 6.27. The predicted molar refractivity (Wildman–Crippen MR) is 104 cm³/mol. The van der Waals surface area contributed by atoms with Crippen molar-refractivity contribution in [2.24, 2.45) is 0 Å². The second-order valence-corrected chi connectivity index (χ2v) is 6.68. The number of β-amino-alcohol motifs (C(OH)–C–C–N with tert-alkyl or cyclic N) is 1. The molecule has 0 bridgehead atoms. The summed E-state index contributed by atoms with van der Waals surface area (Å²) in [6, 6.07) is 10.8. The molecule has 2 aromatic rings. The third-order valence-electron chi connectivity index (χ3n) is 4.60. The first-order valence-corrected chi connectivity index (χ1v) is 8.92. The Balaban J connectivity index is 2.05. The van der Waals surface area contributed by atoms with Gasteiger partial charge in [0.05, 0.1) is 13.2 Å². The van der Waals surface area contributed by atoms with Crippen LogP contribution >= 0.6 is 11.6 Å². The third-order valence-corrected chi connectivity index (χ3v) is 5.00. The molecule has 0 saturated carbocycles. The molecule has 28 heavy (non-hydrogen) atoms. The maximum Gasteiger partial charge on any atom is 0.271 e. The summed E-state index contributed by atoms with van der Waals surface area (Å²) >= 11 is 6.16. The van der Waals surface area contributed by atoms with E-state index < -0.39 is 11.8 Å². The van der Waals surface area contributed by atoms with Crippen molar-refractivity contribution in [3.05, 3.63) is 63.4 Å². The minimum atomic E-state index is -0.703. The monoisotopic (exact) mass is 396 g/mol. The predicted octanol–water partition coefficient (Wildman–Crippen LogP) is 3.49. The van der Waals surface area contributed by atoms with Crippen LogP contribution in [0.4, 0.5) is 0 Å². The number of rotatable bonds is 4. The molecule has 1 aliphatic rings. The van der Waals surface area contributed by atoms with Gasteiger partial charge in [0.1, 0.15) is 23.2 Å². The van der Waals surface area contributed by atoms with Crippen LogP contribution in [0.3, 0.4) is 0 Å². The summed E-state index contributed by atoms with van der Waals surface area (Å²) in [6.45, 7) is 2.86. The maximum atomic E-state index is 12.7. The highest BCUT2D eigenvalue weighted by atomic mass is 35.5. The quantitative estimate of drug-likeness (QED) is 0.630. The van der Waals surface area contributed by atoms with Gasteiger partial charge in [0.2, 0.25) is 0 Å². The van der Waals surface area contributed by atoms with Crippen LogP contribution < -0.4 is 0 Å². The average Bonchev–Trinajstić information content (AvgIpc) is 3.13. The topological polar surface area (TPSA) is 94.5 Å². The van der Waals surface area contributed by atoms with Gasteiger partial charge in [-0.1, -0.05) is 23.7 Å². The van der Waals surface area contributed by atoms with Crippen LogP contribution in [-0.4, -0.2) is 35.0 Å². The fraction of sp³-hybridized carbons (Fsp3) is 0.190. The number of nitrogens with zero attached hydrogens (tertiary/aromatic N) is 2. The fourth-order valence-corrected chi connectivity index (χ4v) is 3.20. The first-order valence-electron chi connectivity index (χ1n) is 8.54. The Bertz CT molecular complexity index is 1070. The highest BCUT2D eigenvalue weighted by Gasteiger charge is 2.35. The highest BCUT2D eigenvalue weighted by molar-refractivity contribution is 6.31. The molecule has 1 aromatic heterocycles. The molecule has 0 saturated heterocycles. The van der Waals surface area contributed by atoms with E-state index in [1.54, 1.807) is 25.1 Å². The van der Waals surface area contributed by atoms with Gasteiger partial charge in [0, 0.05) is 16.2 Å². The molecule has 3 rings (SSSR count). The van der Waals surface area contributed by atoms with Crippen molar-refractivity contribution in [1.82, 2.24) is 4.90 Å². The molecule has 0 spiro atoms. The van der Waals surface area contributed by atoms with E-state index in [4.69, 9.17) is 21.1 Å². The van der Waals surface area contributed by atoms with Crippen LogP contribution in [0.25, 0.3) is 17.4 Å². The summed E-state index contributed by atoms with van der Waals surface area (Å²) in [5.74, 6) is -0.300. The third kappa shape index (κ3) is 3.38. The molecule has 0 atom stereocenters. The molecule has 1 N–H and O–H groups in total. The van der Waals surface area contributed by atoms with Crippen molar-refractivity contribution in [3.63, 3.8) is 0 Å². The first kappa shape index (κ1) is 19.6. The van der Waals surface area contributed by atoms with Gasteiger partial charge in [-0.2, -0.15) is 5.26 Å². The van der Waals surface area contributed by atoms with Crippen LogP contribution in [0.5, 0.6) is 0 Å². The van der Waals surface area contributed by atoms with Crippen molar-refractivity contribution in [2.45, 2.75) is 13.8 Å². The second kappa shape index (κ2) is 7.85. The maximum absolute atomic E-state index is 12.7. The van der Waals surface area contributed by atoms with Crippen LogP contribution in [0.15, 0.2) is 51.5 Å². The van der Waals surface area contributed by atoms with Crippen molar-refractivity contribution >= 4 is 29.5 Å². The molecule has 0 fully saturated rings. The number of hydrogen-bond acceptors (Lipinski definition) is 5. The number of amides is 2. The van der Waals surface area contributed by atoms with Gasteiger partial charge >= 0.3 is 0 Å². The number of imide groups is 1. The number of hydrogen-bond donors (Lipinski definition) is 1. The summed E-state index contributed by atoms with van der Waals surface area (Å²) in [4.78, 5) is 25.8. The first-order chi connectivity index (χ1) is 13.4. The van der Waals surface area contributed by atoms with Crippen molar-refractivity contribution in [2.75, 3.05) is 13.2 Å². The Kier molecular flexibility index (Phi) is 5.50. The number of aliphatic hydroxyl groups is 1. The van der Waals surface area contributed by atoms with Gasteiger partial charge in [-0.05, 0) is 49.3 Å². The van der Waals surface area contributed by atoms with Gasteiger partial charge < -0.3 is 9.52 Å². The minimum absolute atomic E-state index is 0.128. The number of halogens is 1. The minimum Gasteiger partial charge on any atom is -0.457 e. The zero-order valence-electron chi connectivity index (χ0n) is 15.3. The summed E-state index contributed by atoms with van der Waals surface area (Å²) in [7, 11) is 0. The number of benzene rings is 1. The Morgan fingerprint density at radius 2 is 1.96 bits per heavy atom. The Labute approximate surface area is 166 Å². The largest absolute Gasteiger partial charge is 0.457 e. The highest BCUT2D eigenvalue weighted by Crippen LogP contribution is 2.32. The number of carbonyl (C=O) groups excluding carboxylic acids is 2. The van der Waals surface area contributed by atoms with E-state index in [2.05, 4.69) is 0 Å². The van der Waals surface area contributed by atoms with E-state index in [9.17, 15) is 14.9 Å². The standard InChI is InChI=1S/C21H17ClN2O4/c1-12-16(20(26)24(8-9-25)21(27)17(12)11-23)10-14-6-7-19(28-14)15-4-3-5-18(22)13(15)2/h3-7,10,25H,8-9H2,1-2H3/b16-10+. The average molecular weight is 397 g/mol. The number of furan rings is 1. The summed E-state index contributed by atoms with van der Waals surface area (Å²) in [5, 5.41) is 19.1.